The molecule has 108 valence electrons. The molecule has 1 aromatic rings. The van der Waals surface area contributed by atoms with Crippen molar-refractivity contribution in [1.82, 2.24) is 4.90 Å². The predicted octanol–water partition coefficient (Wildman–Crippen LogP) is 2.82. The summed E-state index contributed by atoms with van der Waals surface area (Å²) in [5, 5.41) is 0. The lowest BCUT2D eigenvalue weighted by atomic mass is 10.1. The standard InChI is InChI=1S/C16H22N2O2/c1-19-15-12-14-13(5-6-17-14)11-16(15)20-10-4-9-18-7-2-3-8-18/h6,11-12H,2-5,7-10H2,1H3. The van der Waals surface area contributed by atoms with Crippen LogP contribution < -0.4 is 9.47 Å². The molecule has 2 heterocycles. The van der Waals surface area contributed by atoms with Gasteiger partial charge < -0.3 is 14.4 Å². The van der Waals surface area contributed by atoms with Gasteiger partial charge in [-0.3, -0.25) is 4.99 Å². The highest BCUT2D eigenvalue weighted by Gasteiger charge is 2.14. The van der Waals surface area contributed by atoms with E-state index >= 15 is 0 Å². The van der Waals surface area contributed by atoms with Gasteiger partial charge in [0, 0.05) is 25.2 Å². The van der Waals surface area contributed by atoms with Gasteiger partial charge >= 0.3 is 0 Å². The molecule has 20 heavy (non-hydrogen) atoms. The first-order valence-electron chi connectivity index (χ1n) is 7.45. The molecule has 4 heteroatoms. The number of ether oxygens (including phenoxy) is 2. The second-order valence-electron chi connectivity index (χ2n) is 5.40. The number of methoxy groups -OCH3 is 1. The Kier molecular flexibility index (Phi) is 4.21. The first-order valence-corrected chi connectivity index (χ1v) is 7.45. The maximum atomic E-state index is 5.91. The number of hydrogen-bond acceptors (Lipinski definition) is 4. The molecule has 0 atom stereocenters. The third kappa shape index (κ3) is 2.96. The van der Waals surface area contributed by atoms with Gasteiger partial charge in [0.2, 0.25) is 0 Å². The van der Waals surface area contributed by atoms with Crippen LogP contribution in [-0.4, -0.2) is 44.5 Å². The molecule has 0 saturated carbocycles. The summed E-state index contributed by atoms with van der Waals surface area (Å²) < 4.78 is 11.3. The number of hydrogen-bond donors (Lipinski definition) is 0. The Labute approximate surface area is 120 Å². The average molecular weight is 274 g/mol. The Morgan fingerprint density at radius 3 is 2.85 bits per heavy atom. The van der Waals surface area contributed by atoms with Gasteiger partial charge in [0.25, 0.3) is 0 Å². The number of fused-ring (bicyclic) bond motifs is 1. The Morgan fingerprint density at radius 2 is 2.05 bits per heavy atom. The van der Waals surface area contributed by atoms with Crippen molar-refractivity contribution in [3.8, 4) is 11.5 Å². The normalized spacial score (nSPS) is 17.4. The minimum absolute atomic E-state index is 0.743. The summed E-state index contributed by atoms with van der Waals surface area (Å²) in [7, 11) is 1.68. The van der Waals surface area contributed by atoms with Crippen LogP contribution in [-0.2, 0) is 6.42 Å². The predicted molar refractivity (Wildman–Crippen MR) is 80.6 cm³/mol. The Hall–Kier alpha value is -1.55. The van der Waals surface area contributed by atoms with Crippen LogP contribution in [0, 0.1) is 0 Å². The summed E-state index contributed by atoms with van der Waals surface area (Å²) in [6, 6.07) is 4.03. The molecule has 0 aliphatic carbocycles. The van der Waals surface area contributed by atoms with E-state index in [2.05, 4.69) is 16.0 Å². The molecule has 0 amide bonds. The number of rotatable bonds is 6. The van der Waals surface area contributed by atoms with Gasteiger partial charge in [-0.05, 0) is 44.0 Å². The number of aliphatic imine (C=N–C) groups is 1. The third-order valence-electron chi connectivity index (χ3n) is 3.98. The largest absolute Gasteiger partial charge is 0.493 e. The van der Waals surface area contributed by atoms with Crippen molar-refractivity contribution in [2.75, 3.05) is 33.4 Å². The van der Waals surface area contributed by atoms with Crippen molar-refractivity contribution in [3.63, 3.8) is 0 Å². The van der Waals surface area contributed by atoms with Crippen LogP contribution in [0.4, 0.5) is 5.69 Å². The monoisotopic (exact) mass is 274 g/mol. The molecule has 0 spiro atoms. The van der Waals surface area contributed by atoms with Crippen LogP contribution in [0.1, 0.15) is 24.8 Å². The fourth-order valence-corrected chi connectivity index (χ4v) is 2.87. The zero-order chi connectivity index (χ0) is 13.8. The molecule has 2 aliphatic rings. The molecule has 0 radical (unpaired) electrons. The molecule has 4 nitrogen and oxygen atoms in total. The van der Waals surface area contributed by atoms with E-state index in [0.29, 0.717) is 0 Å². The fourth-order valence-electron chi connectivity index (χ4n) is 2.87. The summed E-state index contributed by atoms with van der Waals surface area (Å²) in [6.07, 6.45) is 6.58. The number of benzene rings is 1. The quantitative estimate of drug-likeness (QED) is 0.748. The van der Waals surface area contributed by atoms with Gasteiger partial charge in [0.15, 0.2) is 11.5 Å². The maximum Gasteiger partial charge on any atom is 0.162 e. The van der Waals surface area contributed by atoms with Crippen LogP contribution >= 0.6 is 0 Å². The van der Waals surface area contributed by atoms with Crippen molar-refractivity contribution < 1.29 is 9.47 Å². The second kappa shape index (κ2) is 6.27. The minimum atomic E-state index is 0.743. The van der Waals surface area contributed by atoms with Crippen molar-refractivity contribution in [2.45, 2.75) is 25.7 Å². The average Bonchev–Trinajstić information content (AvgIpc) is 3.13. The van der Waals surface area contributed by atoms with Gasteiger partial charge in [-0.2, -0.15) is 0 Å². The minimum Gasteiger partial charge on any atom is -0.493 e. The molecular formula is C16H22N2O2. The molecule has 1 aromatic carbocycles. The van der Waals surface area contributed by atoms with E-state index in [1.54, 1.807) is 7.11 Å². The maximum absolute atomic E-state index is 5.91. The summed E-state index contributed by atoms with van der Waals surface area (Å²) in [5.41, 5.74) is 2.23. The van der Waals surface area contributed by atoms with E-state index in [1.807, 2.05) is 12.3 Å². The smallest absolute Gasteiger partial charge is 0.162 e. The first kappa shape index (κ1) is 13.4. The molecule has 0 N–H and O–H groups in total. The van der Waals surface area contributed by atoms with Crippen LogP contribution in [0.25, 0.3) is 0 Å². The molecule has 1 saturated heterocycles. The van der Waals surface area contributed by atoms with Crippen LogP contribution in [0.2, 0.25) is 0 Å². The molecule has 0 bridgehead atoms. The van der Waals surface area contributed by atoms with Crippen LogP contribution in [0.15, 0.2) is 17.1 Å². The summed E-state index contributed by atoms with van der Waals surface area (Å²) in [5.74, 6) is 1.63. The highest BCUT2D eigenvalue weighted by Crippen LogP contribution is 2.37. The Balaban J connectivity index is 1.54. The second-order valence-corrected chi connectivity index (χ2v) is 5.40. The van der Waals surface area contributed by atoms with Gasteiger partial charge in [-0.1, -0.05) is 0 Å². The highest BCUT2D eigenvalue weighted by molar-refractivity contribution is 5.77. The van der Waals surface area contributed by atoms with Crippen molar-refractivity contribution in [3.05, 3.63) is 17.7 Å². The van der Waals surface area contributed by atoms with Crippen LogP contribution in [0.3, 0.4) is 0 Å². The van der Waals surface area contributed by atoms with Gasteiger partial charge in [0.05, 0.1) is 19.4 Å². The molecule has 1 fully saturated rings. The van der Waals surface area contributed by atoms with Crippen molar-refractivity contribution in [2.24, 2.45) is 4.99 Å². The lowest BCUT2D eigenvalue weighted by Crippen LogP contribution is -2.21. The molecular weight excluding hydrogens is 252 g/mol. The zero-order valence-corrected chi connectivity index (χ0v) is 12.1. The first-order chi connectivity index (χ1) is 9.86. The molecule has 2 aliphatic heterocycles. The molecule has 0 aromatic heterocycles. The zero-order valence-electron chi connectivity index (χ0n) is 12.1. The number of nitrogens with zero attached hydrogens (tertiary/aromatic N) is 2. The van der Waals surface area contributed by atoms with E-state index in [-0.39, 0.29) is 0 Å². The van der Waals surface area contributed by atoms with Crippen molar-refractivity contribution >= 4 is 11.9 Å². The van der Waals surface area contributed by atoms with Gasteiger partial charge in [-0.15, -0.1) is 0 Å². The van der Waals surface area contributed by atoms with Gasteiger partial charge in [-0.25, -0.2) is 0 Å². The fraction of sp³-hybridized carbons (Fsp3) is 0.562. The lowest BCUT2D eigenvalue weighted by molar-refractivity contribution is 0.254. The summed E-state index contributed by atoms with van der Waals surface area (Å²) >= 11 is 0. The third-order valence-corrected chi connectivity index (χ3v) is 3.98. The lowest BCUT2D eigenvalue weighted by Gasteiger charge is -2.16. The van der Waals surface area contributed by atoms with Gasteiger partial charge in [0.1, 0.15) is 0 Å². The SMILES string of the molecule is COc1cc2c(cc1OCCCN1CCCC1)CC=N2. The summed E-state index contributed by atoms with van der Waals surface area (Å²) in [6.45, 7) is 4.38. The van der Waals surface area contributed by atoms with Crippen molar-refractivity contribution in [1.29, 1.82) is 0 Å². The van der Waals surface area contributed by atoms with E-state index < -0.39 is 0 Å². The van der Waals surface area contributed by atoms with E-state index in [1.165, 1.54) is 31.5 Å². The highest BCUT2D eigenvalue weighted by atomic mass is 16.5. The van der Waals surface area contributed by atoms with E-state index in [4.69, 9.17) is 9.47 Å². The Morgan fingerprint density at radius 1 is 1.20 bits per heavy atom. The number of likely N-dealkylation sites (tertiary alicyclic amines) is 1. The molecule has 3 rings (SSSR count). The molecule has 0 unspecified atom stereocenters. The topological polar surface area (TPSA) is 34.1 Å². The van der Waals surface area contributed by atoms with Crippen LogP contribution in [0.5, 0.6) is 11.5 Å². The van der Waals surface area contributed by atoms with E-state index in [0.717, 1.165) is 43.2 Å². The Bertz CT molecular complexity index is 493. The summed E-state index contributed by atoms with van der Waals surface area (Å²) in [4.78, 5) is 6.84. The van der Waals surface area contributed by atoms with E-state index in [9.17, 15) is 0 Å².